The predicted molar refractivity (Wildman–Crippen MR) is 108 cm³/mol. The fraction of sp³-hybridized carbons (Fsp3) is 0.100. The standard InChI is InChI=1S/C20H16N2O8/c1-21-15-9-3-7-5-11(17(23)24)12(18(25)26)6-8(7)4-10(9)16(22-2)14(20(29)30)13(15)19(27)28/h3-6,21-22H,1-2H3,(H,23,24)(H,25,26)(H,27,28)(H,29,30). The van der Waals surface area contributed by atoms with E-state index in [1.807, 2.05) is 0 Å². The third-order valence-corrected chi connectivity index (χ3v) is 4.79. The molecule has 0 amide bonds. The van der Waals surface area contributed by atoms with Crippen molar-refractivity contribution in [1.29, 1.82) is 0 Å². The zero-order chi connectivity index (χ0) is 22.3. The van der Waals surface area contributed by atoms with Crippen LogP contribution < -0.4 is 10.6 Å². The summed E-state index contributed by atoms with van der Waals surface area (Å²) in [5.74, 6) is -5.76. The molecule has 0 saturated heterocycles. The van der Waals surface area contributed by atoms with Gasteiger partial charge >= 0.3 is 23.9 Å². The molecular formula is C20H16N2O8. The van der Waals surface area contributed by atoms with Gasteiger partial charge < -0.3 is 31.1 Å². The zero-order valence-corrected chi connectivity index (χ0v) is 15.7. The van der Waals surface area contributed by atoms with Gasteiger partial charge in [-0.25, -0.2) is 19.2 Å². The van der Waals surface area contributed by atoms with Crippen LogP contribution in [-0.2, 0) is 0 Å². The minimum atomic E-state index is -1.46. The van der Waals surface area contributed by atoms with Gasteiger partial charge in [-0.1, -0.05) is 0 Å². The third kappa shape index (κ3) is 3.00. The van der Waals surface area contributed by atoms with Gasteiger partial charge in [0.05, 0.1) is 33.6 Å². The summed E-state index contributed by atoms with van der Waals surface area (Å²) in [5, 5.41) is 44.8. The van der Waals surface area contributed by atoms with Crippen LogP contribution in [0.2, 0.25) is 0 Å². The molecule has 3 aromatic carbocycles. The molecule has 10 nitrogen and oxygen atoms in total. The van der Waals surface area contributed by atoms with Crippen LogP contribution in [0.15, 0.2) is 24.3 Å². The summed E-state index contributed by atoms with van der Waals surface area (Å²) in [6.07, 6.45) is 0. The Bertz CT molecular complexity index is 1180. The number of aromatic carboxylic acids is 4. The highest BCUT2D eigenvalue weighted by atomic mass is 16.4. The van der Waals surface area contributed by atoms with Gasteiger partial charge in [0.2, 0.25) is 0 Å². The molecule has 0 fully saturated rings. The molecule has 10 heteroatoms. The van der Waals surface area contributed by atoms with E-state index in [0.29, 0.717) is 21.5 Å². The van der Waals surface area contributed by atoms with Crippen molar-refractivity contribution in [3.8, 4) is 0 Å². The Morgan fingerprint density at radius 1 is 0.600 bits per heavy atom. The van der Waals surface area contributed by atoms with Gasteiger partial charge in [0, 0.05) is 24.9 Å². The van der Waals surface area contributed by atoms with Crippen LogP contribution in [0.1, 0.15) is 41.4 Å². The van der Waals surface area contributed by atoms with E-state index >= 15 is 0 Å². The Morgan fingerprint density at radius 2 is 0.933 bits per heavy atom. The minimum Gasteiger partial charge on any atom is -0.478 e. The Balaban J connectivity index is 2.61. The van der Waals surface area contributed by atoms with Crippen LogP contribution in [0.5, 0.6) is 0 Å². The molecule has 0 aromatic heterocycles. The number of nitrogens with one attached hydrogen (secondary N) is 2. The van der Waals surface area contributed by atoms with Crippen LogP contribution in [-0.4, -0.2) is 58.4 Å². The summed E-state index contributed by atoms with van der Waals surface area (Å²) in [4.78, 5) is 46.7. The van der Waals surface area contributed by atoms with E-state index in [1.165, 1.54) is 38.4 Å². The summed E-state index contributed by atoms with van der Waals surface area (Å²) in [6, 6.07) is 5.36. The van der Waals surface area contributed by atoms with Crippen LogP contribution >= 0.6 is 0 Å². The highest BCUT2D eigenvalue weighted by Gasteiger charge is 2.28. The molecule has 0 aliphatic heterocycles. The van der Waals surface area contributed by atoms with Gasteiger partial charge in [-0.15, -0.1) is 0 Å². The lowest BCUT2D eigenvalue weighted by atomic mass is 9.91. The van der Waals surface area contributed by atoms with E-state index in [4.69, 9.17) is 0 Å². The molecule has 3 aromatic rings. The Morgan fingerprint density at radius 3 is 1.17 bits per heavy atom. The van der Waals surface area contributed by atoms with Crippen LogP contribution in [0.4, 0.5) is 11.4 Å². The molecule has 0 radical (unpaired) electrons. The molecule has 0 aliphatic rings. The summed E-state index contributed by atoms with van der Waals surface area (Å²) in [5.41, 5.74) is -1.68. The number of fused-ring (bicyclic) bond motifs is 2. The van der Waals surface area contributed by atoms with E-state index in [0.717, 1.165) is 0 Å². The van der Waals surface area contributed by atoms with Crippen molar-refractivity contribution in [2.45, 2.75) is 0 Å². The molecule has 3 rings (SSSR count). The number of carbonyl (C=O) groups is 4. The van der Waals surface area contributed by atoms with Crippen molar-refractivity contribution >= 4 is 56.8 Å². The van der Waals surface area contributed by atoms with Gasteiger partial charge in [-0.05, 0) is 35.0 Å². The molecule has 6 N–H and O–H groups in total. The number of carboxylic acid groups (broad SMARTS) is 4. The molecule has 0 heterocycles. The van der Waals surface area contributed by atoms with Gasteiger partial charge in [0.15, 0.2) is 0 Å². The number of hydrogen-bond acceptors (Lipinski definition) is 6. The van der Waals surface area contributed by atoms with Crippen molar-refractivity contribution in [2.24, 2.45) is 0 Å². The maximum atomic E-state index is 11.9. The fourth-order valence-corrected chi connectivity index (χ4v) is 3.58. The molecule has 154 valence electrons. The quantitative estimate of drug-likeness (QED) is 0.330. The Labute approximate surface area is 168 Å². The van der Waals surface area contributed by atoms with Crippen LogP contribution in [0.3, 0.4) is 0 Å². The van der Waals surface area contributed by atoms with Gasteiger partial charge in [-0.3, -0.25) is 0 Å². The maximum absolute atomic E-state index is 11.9. The molecule has 0 bridgehead atoms. The summed E-state index contributed by atoms with van der Waals surface area (Å²) < 4.78 is 0. The monoisotopic (exact) mass is 412 g/mol. The first-order valence-corrected chi connectivity index (χ1v) is 8.52. The second-order valence-electron chi connectivity index (χ2n) is 6.36. The number of anilines is 2. The zero-order valence-electron chi connectivity index (χ0n) is 15.7. The first-order valence-electron chi connectivity index (χ1n) is 8.52. The van der Waals surface area contributed by atoms with Crippen molar-refractivity contribution in [3.63, 3.8) is 0 Å². The van der Waals surface area contributed by atoms with Crippen molar-refractivity contribution in [1.82, 2.24) is 0 Å². The largest absolute Gasteiger partial charge is 0.478 e. The van der Waals surface area contributed by atoms with Gasteiger partial charge in [0.25, 0.3) is 0 Å². The van der Waals surface area contributed by atoms with Crippen LogP contribution in [0, 0.1) is 0 Å². The SMILES string of the molecule is CNc1c(C(=O)O)c(C(=O)O)c(NC)c2cc3cc(C(=O)O)c(C(=O)O)cc3cc12. The molecule has 0 aliphatic carbocycles. The lowest BCUT2D eigenvalue weighted by Gasteiger charge is -2.19. The lowest BCUT2D eigenvalue weighted by Crippen LogP contribution is -2.15. The first-order chi connectivity index (χ1) is 14.1. The van der Waals surface area contributed by atoms with E-state index < -0.39 is 46.1 Å². The van der Waals surface area contributed by atoms with Gasteiger partial charge in [0.1, 0.15) is 0 Å². The highest BCUT2D eigenvalue weighted by molar-refractivity contribution is 6.22. The second kappa shape index (κ2) is 7.24. The Hall–Kier alpha value is -4.34. The van der Waals surface area contributed by atoms with Crippen LogP contribution in [0.25, 0.3) is 21.5 Å². The summed E-state index contributed by atoms with van der Waals surface area (Å²) in [6.45, 7) is 0. The lowest BCUT2D eigenvalue weighted by molar-refractivity contribution is 0.0652. The highest BCUT2D eigenvalue weighted by Crippen LogP contribution is 2.40. The smallest absolute Gasteiger partial charge is 0.338 e. The molecule has 0 atom stereocenters. The minimum absolute atomic E-state index is 0.0370. The molecule has 0 unspecified atom stereocenters. The van der Waals surface area contributed by atoms with Crippen molar-refractivity contribution < 1.29 is 39.6 Å². The molecule has 30 heavy (non-hydrogen) atoms. The first kappa shape index (κ1) is 20.4. The predicted octanol–water partition coefficient (Wildman–Crippen LogP) is 2.87. The van der Waals surface area contributed by atoms with Crippen molar-refractivity contribution in [2.75, 3.05) is 24.7 Å². The fourth-order valence-electron chi connectivity index (χ4n) is 3.58. The second-order valence-corrected chi connectivity index (χ2v) is 6.36. The average molecular weight is 412 g/mol. The topological polar surface area (TPSA) is 173 Å². The van der Waals surface area contributed by atoms with E-state index in [2.05, 4.69) is 10.6 Å². The molecule has 0 saturated carbocycles. The molecular weight excluding hydrogens is 396 g/mol. The number of hydrogen-bond donors (Lipinski definition) is 6. The maximum Gasteiger partial charge on any atom is 0.338 e. The van der Waals surface area contributed by atoms with Crippen molar-refractivity contribution in [3.05, 3.63) is 46.5 Å². The average Bonchev–Trinajstić information content (AvgIpc) is 2.68. The number of carboxylic acids is 4. The summed E-state index contributed by atoms with van der Waals surface area (Å²) >= 11 is 0. The summed E-state index contributed by atoms with van der Waals surface area (Å²) in [7, 11) is 2.87. The number of rotatable bonds is 6. The van der Waals surface area contributed by atoms with E-state index in [-0.39, 0.29) is 11.4 Å². The van der Waals surface area contributed by atoms with Gasteiger partial charge in [-0.2, -0.15) is 0 Å². The number of benzene rings is 3. The Kier molecular flexibility index (Phi) is 4.92. The normalized spacial score (nSPS) is 10.7. The van der Waals surface area contributed by atoms with E-state index in [9.17, 15) is 39.6 Å². The third-order valence-electron chi connectivity index (χ3n) is 4.79. The molecule has 0 spiro atoms. The van der Waals surface area contributed by atoms with E-state index in [1.54, 1.807) is 0 Å².